The molecule has 0 amide bonds. The van der Waals surface area contributed by atoms with Gasteiger partial charge in [-0.2, -0.15) is 0 Å². The van der Waals surface area contributed by atoms with Crippen molar-refractivity contribution < 1.29 is 0 Å². The van der Waals surface area contributed by atoms with Crippen molar-refractivity contribution in [1.82, 2.24) is 4.98 Å². The summed E-state index contributed by atoms with van der Waals surface area (Å²) in [6.07, 6.45) is 1.85. The first-order chi connectivity index (χ1) is 9.84. The van der Waals surface area contributed by atoms with Crippen molar-refractivity contribution in [3.05, 3.63) is 65.8 Å². The van der Waals surface area contributed by atoms with E-state index in [2.05, 4.69) is 29.2 Å². The zero-order chi connectivity index (χ0) is 13.5. The Hall–Kier alpha value is -1.90. The quantitative estimate of drug-likeness (QED) is 0.434. The Morgan fingerprint density at radius 1 is 0.850 bits per heavy atom. The highest BCUT2D eigenvalue weighted by molar-refractivity contribution is 7.23. The molecule has 4 aromatic rings. The first kappa shape index (κ1) is 11.9. The number of nitrogens with zero attached hydrogens (tertiary/aromatic N) is 1. The second-order valence-corrected chi connectivity index (χ2v) is 6.05. The van der Waals surface area contributed by atoms with Gasteiger partial charge in [-0.15, -0.1) is 11.3 Å². The van der Waals surface area contributed by atoms with Crippen molar-refractivity contribution in [1.29, 1.82) is 0 Å². The van der Waals surface area contributed by atoms with Crippen molar-refractivity contribution in [3.8, 4) is 10.6 Å². The Morgan fingerprint density at radius 3 is 2.45 bits per heavy atom. The molecule has 0 N–H and O–H groups in total. The van der Waals surface area contributed by atoms with Crippen LogP contribution in [0.5, 0.6) is 0 Å². The molecule has 20 heavy (non-hydrogen) atoms. The minimum absolute atomic E-state index is 0.800. The first-order valence-electron chi connectivity index (χ1n) is 6.36. The third kappa shape index (κ3) is 1.73. The van der Waals surface area contributed by atoms with Gasteiger partial charge in [0.1, 0.15) is 0 Å². The monoisotopic (exact) mass is 295 g/mol. The molecule has 0 saturated heterocycles. The molecule has 0 bridgehead atoms. The lowest BCUT2D eigenvalue weighted by Crippen LogP contribution is -1.83. The fourth-order valence-electron chi connectivity index (χ4n) is 2.47. The van der Waals surface area contributed by atoms with Gasteiger partial charge in [-0.25, -0.2) is 0 Å². The lowest BCUT2D eigenvalue weighted by atomic mass is 10.1. The Kier molecular flexibility index (Phi) is 2.72. The molecule has 96 valence electrons. The molecule has 0 saturated carbocycles. The van der Waals surface area contributed by atoms with Gasteiger partial charge in [0.05, 0.1) is 15.6 Å². The molecular weight excluding hydrogens is 286 g/mol. The van der Waals surface area contributed by atoms with Crippen LogP contribution < -0.4 is 0 Å². The van der Waals surface area contributed by atoms with E-state index in [1.165, 1.54) is 10.1 Å². The van der Waals surface area contributed by atoms with Crippen LogP contribution >= 0.6 is 22.9 Å². The Bertz CT molecular complexity index is 921. The summed E-state index contributed by atoms with van der Waals surface area (Å²) < 4.78 is 1.20. The van der Waals surface area contributed by atoms with E-state index in [9.17, 15) is 0 Å². The molecule has 3 heteroatoms. The number of aromatic nitrogens is 1. The summed E-state index contributed by atoms with van der Waals surface area (Å²) in [6, 6.07) is 18.5. The second-order valence-electron chi connectivity index (χ2n) is 4.62. The van der Waals surface area contributed by atoms with E-state index in [0.29, 0.717) is 0 Å². The van der Waals surface area contributed by atoms with Gasteiger partial charge in [0.25, 0.3) is 0 Å². The summed E-state index contributed by atoms with van der Waals surface area (Å²) in [7, 11) is 0. The van der Waals surface area contributed by atoms with E-state index in [0.717, 1.165) is 26.4 Å². The van der Waals surface area contributed by atoms with E-state index in [1.807, 2.05) is 36.5 Å². The fourth-order valence-corrected chi connectivity index (χ4v) is 4.00. The molecule has 0 aliphatic heterocycles. The molecule has 0 aliphatic rings. The third-order valence-corrected chi connectivity index (χ3v) is 5.11. The van der Waals surface area contributed by atoms with Gasteiger partial charge >= 0.3 is 0 Å². The van der Waals surface area contributed by atoms with Crippen LogP contribution in [-0.4, -0.2) is 4.98 Å². The highest BCUT2D eigenvalue weighted by atomic mass is 35.5. The number of hydrogen-bond acceptors (Lipinski definition) is 2. The zero-order valence-corrected chi connectivity index (χ0v) is 12.1. The van der Waals surface area contributed by atoms with Crippen LogP contribution in [0, 0.1) is 0 Å². The molecule has 0 spiro atoms. The molecular formula is C17H10ClNS. The fraction of sp³-hybridized carbons (Fsp3) is 0. The lowest BCUT2D eigenvalue weighted by molar-refractivity contribution is 1.37. The van der Waals surface area contributed by atoms with Crippen LogP contribution in [0.1, 0.15) is 0 Å². The molecule has 2 aromatic carbocycles. The first-order valence-corrected chi connectivity index (χ1v) is 7.55. The third-order valence-electron chi connectivity index (χ3n) is 3.42. The minimum Gasteiger partial charge on any atom is -0.255 e. The summed E-state index contributed by atoms with van der Waals surface area (Å²) >= 11 is 8.26. The summed E-state index contributed by atoms with van der Waals surface area (Å²) in [5.74, 6) is 0. The number of halogens is 1. The number of benzene rings is 2. The maximum absolute atomic E-state index is 6.56. The lowest BCUT2D eigenvalue weighted by Gasteiger charge is -2.03. The predicted octanol–water partition coefficient (Wildman–Crippen LogP) is 5.77. The van der Waals surface area contributed by atoms with E-state index in [4.69, 9.17) is 11.6 Å². The topological polar surface area (TPSA) is 12.9 Å². The Morgan fingerprint density at radius 2 is 1.60 bits per heavy atom. The highest BCUT2D eigenvalue weighted by Gasteiger charge is 2.14. The van der Waals surface area contributed by atoms with Gasteiger partial charge in [0.15, 0.2) is 0 Å². The van der Waals surface area contributed by atoms with Crippen LogP contribution in [0.2, 0.25) is 5.02 Å². The maximum atomic E-state index is 6.56. The molecule has 0 atom stereocenters. The van der Waals surface area contributed by atoms with Crippen molar-refractivity contribution in [2.45, 2.75) is 0 Å². The number of rotatable bonds is 1. The molecule has 0 fully saturated rings. The molecule has 2 aromatic heterocycles. The summed E-state index contributed by atoms with van der Waals surface area (Å²) in [5, 5.41) is 4.23. The standard InChI is InChI=1S/C17H10ClNS/c18-15-13-7-3-4-8-14(13)20-17(15)16-12-6-2-1-5-11(12)9-10-19-16/h1-10H. The molecule has 0 radical (unpaired) electrons. The smallest absolute Gasteiger partial charge is 0.0895 e. The number of fused-ring (bicyclic) bond motifs is 2. The SMILES string of the molecule is Clc1c(-c2nccc3ccccc23)sc2ccccc12. The number of thiophene rings is 1. The Balaban J connectivity index is 2.09. The molecule has 0 aliphatic carbocycles. The van der Waals surface area contributed by atoms with Crippen molar-refractivity contribution in [3.63, 3.8) is 0 Å². The van der Waals surface area contributed by atoms with Gasteiger partial charge in [0, 0.05) is 21.7 Å². The van der Waals surface area contributed by atoms with E-state index >= 15 is 0 Å². The predicted molar refractivity (Wildman–Crippen MR) is 87.6 cm³/mol. The van der Waals surface area contributed by atoms with Gasteiger partial charge in [-0.05, 0) is 17.5 Å². The van der Waals surface area contributed by atoms with E-state index in [1.54, 1.807) is 11.3 Å². The Labute approximate surface area is 125 Å². The number of hydrogen-bond donors (Lipinski definition) is 0. The largest absolute Gasteiger partial charge is 0.255 e. The molecule has 2 heterocycles. The second kappa shape index (κ2) is 4.58. The molecule has 0 unspecified atom stereocenters. The summed E-state index contributed by atoms with van der Waals surface area (Å²) in [4.78, 5) is 5.61. The average molecular weight is 296 g/mol. The van der Waals surface area contributed by atoms with Crippen molar-refractivity contribution >= 4 is 43.8 Å². The maximum Gasteiger partial charge on any atom is 0.0895 e. The molecule has 1 nitrogen and oxygen atoms in total. The van der Waals surface area contributed by atoms with Gasteiger partial charge < -0.3 is 0 Å². The molecule has 4 rings (SSSR count). The van der Waals surface area contributed by atoms with Crippen molar-refractivity contribution in [2.75, 3.05) is 0 Å². The van der Waals surface area contributed by atoms with Gasteiger partial charge in [-0.3, -0.25) is 4.98 Å². The van der Waals surface area contributed by atoms with Crippen LogP contribution in [-0.2, 0) is 0 Å². The summed E-state index contributed by atoms with van der Waals surface area (Å²) in [6.45, 7) is 0. The van der Waals surface area contributed by atoms with Gasteiger partial charge in [-0.1, -0.05) is 54.1 Å². The van der Waals surface area contributed by atoms with Crippen LogP contribution in [0.15, 0.2) is 60.8 Å². The average Bonchev–Trinajstić information content (AvgIpc) is 2.84. The van der Waals surface area contributed by atoms with Crippen LogP contribution in [0.3, 0.4) is 0 Å². The van der Waals surface area contributed by atoms with E-state index in [-0.39, 0.29) is 0 Å². The van der Waals surface area contributed by atoms with Crippen LogP contribution in [0.25, 0.3) is 31.4 Å². The minimum atomic E-state index is 0.800. The normalized spacial score (nSPS) is 11.2. The van der Waals surface area contributed by atoms with Crippen LogP contribution in [0.4, 0.5) is 0 Å². The summed E-state index contributed by atoms with van der Waals surface area (Å²) in [5.41, 5.74) is 0.967. The van der Waals surface area contributed by atoms with Gasteiger partial charge in [0.2, 0.25) is 0 Å². The van der Waals surface area contributed by atoms with E-state index < -0.39 is 0 Å². The highest BCUT2D eigenvalue weighted by Crippen LogP contribution is 2.42. The van der Waals surface area contributed by atoms with Crippen molar-refractivity contribution in [2.24, 2.45) is 0 Å². The zero-order valence-electron chi connectivity index (χ0n) is 10.5. The number of pyridine rings is 1.